The van der Waals surface area contributed by atoms with Crippen LogP contribution in [0.1, 0.15) is 136 Å². The van der Waals surface area contributed by atoms with Gasteiger partial charge in [-0.3, -0.25) is 0 Å². The van der Waals surface area contributed by atoms with Crippen molar-refractivity contribution in [2.45, 2.75) is 142 Å². The predicted molar refractivity (Wildman–Crippen MR) is 153 cm³/mol. The van der Waals surface area contributed by atoms with E-state index >= 15 is 0 Å². The van der Waals surface area contributed by atoms with Gasteiger partial charge in [-0.1, -0.05) is 129 Å². The predicted octanol–water partition coefficient (Wildman–Crippen LogP) is 10.5. The van der Waals surface area contributed by atoms with Gasteiger partial charge >= 0.3 is 34.1 Å². The second-order valence-electron chi connectivity index (χ2n) is 10.4. The molecule has 0 unspecified atom stereocenters. The van der Waals surface area contributed by atoms with Crippen molar-refractivity contribution < 1.29 is 38.9 Å². The number of rotatable bonds is 2. The molecule has 5 rings (SSSR count). The van der Waals surface area contributed by atoms with Crippen molar-refractivity contribution >= 4 is 5.90 Å². The van der Waals surface area contributed by atoms with Crippen LogP contribution in [0.25, 0.3) is 0 Å². The van der Waals surface area contributed by atoms with E-state index in [-0.39, 0.29) is 63.8 Å². The molecule has 5 aliphatic rings. The van der Waals surface area contributed by atoms with Crippen molar-refractivity contribution in [2.75, 3.05) is 6.61 Å². The Hall–Kier alpha value is 0.509. The molecule has 0 aromatic rings. The SMILES string of the molecule is C1CCC(C2CCCC2)C1.C1CCCC1.C1CCCC1.CC1=N[C@@H](C(C)C)CO1.[CH3-].[CH3-].[CH3-].[CH3-].[Fe+2].[Fe+2]. The molecule has 0 aromatic carbocycles. The molecule has 4 saturated carbocycles. The minimum Gasteiger partial charge on any atom is -0.479 e. The third-order valence-electron chi connectivity index (χ3n) is 7.55. The Bertz CT molecular complexity index is 382. The largest absolute Gasteiger partial charge is 2.00 e. The van der Waals surface area contributed by atoms with Crippen LogP contribution in [0.4, 0.5) is 0 Å². The van der Waals surface area contributed by atoms with Gasteiger partial charge in [-0.15, -0.1) is 0 Å². The van der Waals surface area contributed by atoms with Crippen LogP contribution in [0.2, 0.25) is 0 Å². The molecule has 0 N–H and O–H groups in total. The standard InChI is InChI=1S/C10H18.C7H13NO.2C5H10.4CH3.2Fe/c1-2-6-9(5-1)10-7-3-4-8-10;1-5(2)7-4-9-6(3)8-7;2*1-2-4-5-3-1;;;;;;/h9-10H,1-8H2;5,7H,4H2,1-3H3;2*1-5H2;4*1H3;;/q;;;;4*-1;2*+2/t;7-;;;;;;;;/m.1......../s1. The molecule has 0 saturated heterocycles. The first-order valence-corrected chi connectivity index (χ1v) is 13.3. The Morgan fingerprint density at radius 2 is 0.857 bits per heavy atom. The smallest absolute Gasteiger partial charge is 0.479 e. The Kier molecular flexibility index (Phi) is 37.7. The maximum absolute atomic E-state index is 5.18. The fourth-order valence-electron chi connectivity index (χ4n) is 5.48. The first kappa shape index (κ1) is 45.4. The van der Waals surface area contributed by atoms with Crippen molar-refractivity contribution in [2.24, 2.45) is 22.7 Å². The summed E-state index contributed by atoms with van der Waals surface area (Å²) in [6.45, 7) is 7.01. The molecule has 0 amide bonds. The fourth-order valence-corrected chi connectivity index (χ4v) is 5.48. The second-order valence-corrected chi connectivity index (χ2v) is 10.4. The molecule has 4 heteroatoms. The van der Waals surface area contributed by atoms with Gasteiger partial charge in [0.15, 0.2) is 5.90 Å². The van der Waals surface area contributed by atoms with Crippen molar-refractivity contribution in [1.82, 2.24) is 0 Å². The Balaban J connectivity index is -0.000000112. The number of hydrogen-bond acceptors (Lipinski definition) is 2. The maximum Gasteiger partial charge on any atom is 2.00 e. The first-order chi connectivity index (χ1) is 14.2. The third-order valence-corrected chi connectivity index (χ3v) is 7.55. The Morgan fingerprint density at radius 1 is 0.571 bits per heavy atom. The van der Waals surface area contributed by atoms with Crippen LogP contribution in [0.3, 0.4) is 0 Å². The number of ether oxygens (including phenoxy) is 1. The van der Waals surface area contributed by atoms with E-state index in [1.54, 1.807) is 25.7 Å². The summed E-state index contributed by atoms with van der Waals surface area (Å²) in [5.74, 6) is 3.76. The molecule has 0 spiro atoms. The first-order valence-electron chi connectivity index (χ1n) is 13.3. The molecule has 214 valence electrons. The second kappa shape index (κ2) is 29.1. The van der Waals surface area contributed by atoms with Crippen LogP contribution in [0.5, 0.6) is 0 Å². The van der Waals surface area contributed by atoms with Gasteiger partial charge in [-0.05, 0) is 17.8 Å². The quantitative estimate of drug-likeness (QED) is 0.236. The van der Waals surface area contributed by atoms with Gasteiger partial charge in [-0.25, -0.2) is 4.99 Å². The topological polar surface area (TPSA) is 21.6 Å². The maximum atomic E-state index is 5.18. The van der Waals surface area contributed by atoms with Gasteiger partial charge in [0.1, 0.15) is 6.61 Å². The van der Waals surface area contributed by atoms with E-state index < -0.39 is 0 Å². The average molecular weight is 578 g/mol. The number of aliphatic imine (C=N–C) groups is 1. The van der Waals surface area contributed by atoms with Gasteiger partial charge < -0.3 is 34.4 Å². The number of nitrogens with zero attached hydrogens (tertiary/aromatic N) is 1. The summed E-state index contributed by atoms with van der Waals surface area (Å²) in [5, 5.41) is 0. The van der Waals surface area contributed by atoms with Crippen molar-refractivity contribution in [3.05, 3.63) is 29.7 Å². The van der Waals surface area contributed by atoms with E-state index in [1.165, 1.54) is 89.9 Å². The summed E-state index contributed by atoms with van der Waals surface area (Å²) in [6.07, 6.45) is 27.4. The van der Waals surface area contributed by atoms with Crippen molar-refractivity contribution in [3.8, 4) is 0 Å². The normalized spacial score (nSPS) is 22.2. The van der Waals surface area contributed by atoms with E-state index in [0.717, 1.165) is 24.3 Å². The summed E-state index contributed by atoms with van der Waals surface area (Å²) in [7, 11) is 0. The molecule has 0 radical (unpaired) electrons. The van der Waals surface area contributed by atoms with Gasteiger partial charge in [0.25, 0.3) is 0 Å². The molecule has 1 aliphatic heterocycles. The fraction of sp³-hybridized carbons (Fsp3) is 0.839. The molecule has 2 nitrogen and oxygen atoms in total. The Morgan fingerprint density at radius 3 is 1.03 bits per heavy atom. The summed E-state index contributed by atoms with van der Waals surface area (Å²) in [4.78, 5) is 4.28. The summed E-state index contributed by atoms with van der Waals surface area (Å²) in [5.41, 5.74) is 0. The molecule has 1 atom stereocenters. The van der Waals surface area contributed by atoms with Crippen molar-refractivity contribution in [3.63, 3.8) is 0 Å². The van der Waals surface area contributed by atoms with Gasteiger partial charge in [0.05, 0.1) is 6.04 Å². The van der Waals surface area contributed by atoms with E-state index in [9.17, 15) is 0 Å². The minimum absolute atomic E-state index is 0. The zero-order valence-electron chi connectivity index (χ0n) is 24.8. The molecule has 0 aromatic heterocycles. The summed E-state index contributed by atoms with van der Waals surface area (Å²) < 4.78 is 5.18. The molecule has 0 bridgehead atoms. The van der Waals surface area contributed by atoms with E-state index in [1.807, 2.05) is 6.92 Å². The zero-order chi connectivity index (χ0) is 20.7. The van der Waals surface area contributed by atoms with Gasteiger partial charge in [0, 0.05) is 6.92 Å². The van der Waals surface area contributed by atoms with Crippen LogP contribution in [-0.4, -0.2) is 18.5 Å². The third kappa shape index (κ3) is 21.2. The van der Waals surface area contributed by atoms with Crippen molar-refractivity contribution in [1.29, 1.82) is 0 Å². The molecular weight excluding hydrogens is 514 g/mol. The molecule has 1 heterocycles. The Labute approximate surface area is 245 Å². The van der Waals surface area contributed by atoms with E-state index in [4.69, 9.17) is 4.74 Å². The monoisotopic (exact) mass is 577 g/mol. The van der Waals surface area contributed by atoms with Crippen LogP contribution in [0, 0.1) is 47.5 Å². The van der Waals surface area contributed by atoms with Crippen LogP contribution < -0.4 is 0 Å². The van der Waals surface area contributed by atoms with Crippen LogP contribution in [-0.2, 0) is 38.9 Å². The molecule has 4 fully saturated rings. The van der Waals surface area contributed by atoms with Crippen LogP contribution in [0.15, 0.2) is 4.99 Å². The molecule has 35 heavy (non-hydrogen) atoms. The summed E-state index contributed by atoms with van der Waals surface area (Å²) in [6, 6.07) is 0.407. The van der Waals surface area contributed by atoms with E-state index in [2.05, 4.69) is 18.8 Å². The molecule has 4 aliphatic carbocycles. The number of hydrogen-bond donors (Lipinski definition) is 0. The molecular formula is C31H63Fe2NO. The zero-order valence-corrected chi connectivity index (χ0v) is 27.0. The van der Waals surface area contributed by atoms with Crippen LogP contribution >= 0.6 is 0 Å². The minimum atomic E-state index is 0. The van der Waals surface area contributed by atoms with E-state index in [0.29, 0.717) is 12.0 Å². The average Bonchev–Trinajstić information content (AvgIpc) is 3.56. The summed E-state index contributed by atoms with van der Waals surface area (Å²) >= 11 is 0. The van der Waals surface area contributed by atoms with Gasteiger partial charge in [0.2, 0.25) is 0 Å². The van der Waals surface area contributed by atoms with Gasteiger partial charge in [-0.2, -0.15) is 0 Å².